The molecule has 1 aliphatic carbocycles. The summed E-state index contributed by atoms with van der Waals surface area (Å²) in [5, 5.41) is 8.19. The first kappa shape index (κ1) is 19.1. The summed E-state index contributed by atoms with van der Waals surface area (Å²) in [6, 6.07) is 6.92. The molecule has 1 saturated heterocycles. The summed E-state index contributed by atoms with van der Waals surface area (Å²) < 4.78 is 20.7. The van der Waals surface area contributed by atoms with E-state index in [2.05, 4.69) is 17.3 Å². The van der Waals surface area contributed by atoms with Crippen LogP contribution >= 0.6 is 0 Å². The van der Waals surface area contributed by atoms with E-state index in [-0.39, 0.29) is 17.8 Å². The number of benzene rings is 1. The van der Waals surface area contributed by atoms with Crippen molar-refractivity contribution in [1.82, 2.24) is 20.0 Å². The van der Waals surface area contributed by atoms with Crippen LogP contribution in [0.2, 0.25) is 0 Å². The summed E-state index contributed by atoms with van der Waals surface area (Å²) in [5.74, 6) is -0.203. The number of fused-ring (bicyclic) bond motifs is 1. The van der Waals surface area contributed by atoms with E-state index >= 15 is 0 Å². The van der Waals surface area contributed by atoms with Crippen molar-refractivity contribution >= 4 is 5.91 Å². The molecule has 1 N–H and O–H groups in total. The number of aromatic nitrogens is 2. The quantitative estimate of drug-likeness (QED) is 0.856. The maximum absolute atomic E-state index is 13.4. The molecule has 1 fully saturated rings. The second-order valence-corrected chi connectivity index (χ2v) is 7.44. The number of hydrogen-bond acceptors (Lipinski definition) is 4. The predicted molar refractivity (Wildman–Crippen MR) is 104 cm³/mol. The van der Waals surface area contributed by atoms with Gasteiger partial charge >= 0.3 is 0 Å². The van der Waals surface area contributed by atoms with Gasteiger partial charge in [-0.1, -0.05) is 12.1 Å². The molecular weight excluding hydrogens is 359 g/mol. The van der Waals surface area contributed by atoms with E-state index in [1.54, 1.807) is 12.1 Å². The summed E-state index contributed by atoms with van der Waals surface area (Å²) in [4.78, 5) is 14.9. The van der Waals surface area contributed by atoms with Gasteiger partial charge in [0.15, 0.2) is 5.69 Å². The van der Waals surface area contributed by atoms with Gasteiger partial charge in [-0.3, -0.25) is 9.48 Å². The summed E-state index contributed by atoms with van der Waals surface area (Å²) in [5.41, 5.74) is 3.78. The average molecular weight is 386 g/mol. The van der Waals surface area contributed by atoms with Crippen molar-refractivity contribution in [2.24, 2.45) is 0 Å². The second kappa shape index (κ2) is 8.41. The molecule has 2 aliphatic rings. The lowest BCUT2D eigenvalue weighted by molar-refractivity contribution is 0.0297. The van der Waals surface area contributed by atoms with Crippen LogP contribution in [-0.2, 0) is 30.7 Å². The number of carbonyl (C=O) groups is 1. The molecular formula is C21H27FN4O2. The fraction of sp³-hybridized carbons (Fsp3) is 0.524. The highest BCUT2D eigenvalue weighted by Crippen LogP contribution is 2.26. The van der Waals surface area contributed by atoms with Gasteiger partial charge in [-0.05, 0) is 43.9 Å². The molecule has 28 heavy (non-hydrogen) atoms. The summed E-state index contributed by atoms with van der Waals surface area (Å²) in [7, 11) is 0. The van der Waals surface area contributed by atoms with Crippen LogP contribution in [0.1, 0.15) is 40.7 Å². The lowest BCUT2D eigenvalue weighted by Gasteiger charge is -2.28. The van der Waals surface area contributed by atoms with Crippen molar-refractivity contribution in [3.05, 3.63) is 52.6 Å². The van der Waals surface area contributed by atoms with Crippen molar-refractivity contribution in [3.8, 4) is 0 Å². The van der Waals surface area contributed by atoms with Crippen LogP contribution in [0.25, 0.3) is 0 Å². The van der Waals surface area contributed by atoms with Crippen molar-refractivity contribution < 1.29 is 13.9 Å². The zero-order valence-electron chi connectivity index (χ0n) is 16.3. The van der Waals surface area contributed by atoms with E-state index in [9.17, 15) is 9.18 Å². The van der Waals surface area contributed by atoms with Crippen LogP contribution in [-0.4, -0.2) is 52.9 Å². The first-order valence-corrected chi connectivity index (χ1v) is 10.1. The van der Waals surface area contributed by atoms with Gasteiger partial charge < -0.3 is 15.0 Å². The number of ether oxygens (including phenoxy) is 1. The van der Waals surface area contributed by atoms with E-state index in [1.807, 2.05) is 15.6 Å². The molecule has 1 aromatic carbocycles. The molecule has 0 spiro atoms. The van der Waals surface area contributed by atoms with E-state index in [0.29, 0.717) is 38.5 Å². The molecule has 0 bridgehead atoms. The number of carbonyl (C=O) groups excluding carboxylic acids is 1. The second-order valence-electron chi connectivity index (χ2n) is 7.44. The first-order valence-electron chi connectivity index (χ1n) is 10.1. The molecule has 1 aromatic heterocycles. The molecule has 0 saturated carbocycles. The van der Waals surface area contributed by atoms with E-state index < -0.39 is 0 Å². The minimum absolute atomic E-state index is 0.0116. The zero-order chi connectivity index (χ0) is 19.5. The Morgan fingerprint density at radius 1 is 1.36 bits per heavy atom. The molecule has 150 valence electrons. The highest BCUT2D eigenvalue weighted by molar-refractivity contribution is 5.94. The molecule has 2 aromatic rings. The van der Waals surface area contributed by atoms with Gasteiger partial charge in [-0.15, -0.1) is 0 Å². The standard InChI is InChI=1S/C21H27FN4O2/c1-2-26-19-7-6-17(23-14-15-4-3-5-16(22)12-15)13-18(19)20(24-26)21(27)25-8-10-28-11-9-25/h3-5,12,17,23H,2,6-11,13-14H2,1H3. The molecule has 1 amide bonds. The highest BCUT2D eigenvalue weighted by Gasteiger charge is 2.31. The molecule has 1 atom stereocenters. The largest absolute Gasteiger partial charge is 0.378 e. The fourth-order valence-electron chi connectivity index (χ4n) is 4.12. The van der Waals surface area contributed by atoms with Crippen molar-refractivity contribution in [3.63, 3.8) is 0 Å². The summed E-state index contributed by atoms with van der Waals surface area (Å²) >= 11 is 0. The highest BCUT2D eigenvalue weighted by atomic mass is 19.1. The lowest BCUT2D eigenvalue weighted by atomic mass is 9.91. The minimum Gasteiger partial charge on any atom is -0.378 e. The van der Waals surface area contributed by atoms with Crippen LogP contribution in [0.5, 0.6) is 0 Å². The number of nitrogens with one attached hydrogen (secondary N) is 1. The first-order chi connectivity index (χ1) is 13.7. The Balaban J connectivity index is 1.50. The van der Waals surface area contributed by atoms with E-state index in [1.165, 1.54) is 11.8 Å². The molecule has 0 radical (unpaired) electrons. The Morgan fingerprint density at radius 2 is 2.18 bits per heavy atom. The number of halogens is 1. The summed E-state index contributed by atoms with van der Waals surface area (Å²) in [6.45, 7) is 5.85. The van der Waals surface area contributed by atoms with Gasteiger partial charge in [-0.2, -0.15) is 5.10 Å². The number of hydrogen-bond donors (Lipinski definition) is 1. The third-order valence-corrected chi connectivity index (χ3v) is 5.63. The monoisotopic (exact) mass is 386 g/mol. The van der Waals surface area contributed by atoms with Crippen molar-refractivity contribution in [1.29, 1.82) is 0 Å². The lowest BCUT2D eigenvalue weighted by Crippen LogP contribution is -2.41. The van der Waals surface area contributed by atoms with Crippen LogP contribution in [0.3, 0.4) is 0 Å². The Morgan fingerprint density at radius 3 is 2.93 bits per heavy atom. The van der Waals surface area contributed by atoms with Crippen LogP contribution in [0, 0.1) is 5.82 Å². The molecule has 1 unspecified atom stereocenters. The number of morpholine rings is 1. The maximum Gasteiger partial charge on any atom is 0.274 e. The van der Waals surface area contributed by atoms with Crippen LogP contribution < -0.4 is 5.32 Å². The van der Waals surface area contributed by atoms with Crippen LogP contribution in [0.15, 0.2) is 24.3 Å². The van der Waals surface area contributed by atoms with Gasteiger partial charge in [0.1, 0.15) is 5.82 Å². The van der Waals surface area contributed by atoms with E-state index in [4.69, 9.17) is 4.74 Å². The maximum atomic E-state index is 13.4. The Bertz CT molecular complexity index is 845. The fourth-order valence-corrected chi connectivity index (χ4v) is 4.12. The topological polar surface area (TPSA) is 59.4 Å². The SMILES string of the molecule is CCn1nc(C(=O)N2CCOCC2)c2c1CCC(NCc1cccc(F)c1)C2. The number of rotatable bonds is 5. The van der Waals surface area contributed by atoms with Gasteiger partial charge in [-0.25, -0.2) is 4.39 Å². The van der Waals surface area contributed by atoms with Gasteiger partial charge in [0.2, 0.25) is 0 Å². The molecule has 6 nitrogen and oxygen atoms in total. The minimum atomic E-state index is -0.215. The average Bonchev–Trinajstić information content (AvgIpc) is 3.10. The van der Waals surface area contributed by atoms with Crippen LogP contribution in [0.4, 0.5) is 4.39 Å². The molecule has 4 rings (SSSR count). The molecule has 2 heterocycles. The van der Waals surface area contributed by atoms with Gasteiger partial charge in [0, 0.05) is 43.5 Å². The Hall–Kier alpha value is -2.25. The van der Waals surface area contributed by atoms with Crippen molar-refractivity contribution in [2.75, 3.05) is 26.3 Å². The van der Waals surface area contributed by atoms with Gasteiger partial charge in [0.25, 0.3) is 5.91 Å². The predicted octanol–water partition coefficient (Wildman–Crippen LogP) is 2.16. The Kier molecular flexibility index (Phi) is 5.73. The van der Waals surface area contributed by atoms with E-state index in [0.717, 1.165) is 36.9 Å². The van der Waals surface area contributed by atoms with Gasteiger partial charge in [0.05, 0.1) is 13.2 Å². The number of aryl methyl sites for hydroxylation is 1. The zero-order valence-corrected chi connectivity index (χ0v) is 16.3. The Labute approximate surface area is 164 Å². The third kappa shape index (κ3) is 3.95. The smallest absolute Gasteiger partial charge is 0.274 e. The summed E-state index contributed by atoms with van der Waals surface area (Å²) in [6.07, 6.45) is 2.66. The van der Waals surface area contributed by atoms with Crippen molar-refractivity contribution in [2.45, 2.75) is 45.3 Å². The third-order valence-electron chi connectivity index (χ3n) is 5.63. The number of amides is 1. The molecule has 1 aliphatic heterocycles. The number of nitrogens with zero attached hydrogens (tertiary/aromatic N) is 3. The molecule has 7 heteroatoms. The normalized spacial score (nSPS) is 19.5.